The molecule has 0 aromatic heterocycles. The Morgan fingerprint density at radius 1 is 1.45 bits per heavy atom. The van der Waals surface area contributed by atoms with Crippen LogP contribution in [-0.4, -0.2) is 35.5 Å². The van der Waals surface area contributed by atoms with Gasteiger partial charge < -0.3 is 19.3 Å². The highest BCUT2D eigenvalue weighted by Crippen LogP contribution is 2.56. The van der Waals surface area contributed by atoms with E-state index in [1.54, 1.807) is 39.4 Å². The number of ether oxygens (including phenoxy) is 3. The third-order valence-corrected chi connectivity index (χ3v) is 6.76. The summed E-state index contributed by atoms with van der Waals surface area (Å²) >= 11 is 6.51. The maximum absolute atomic E-state index is 13.2. The molecule has 0 spiro atoms. The summed E-state index contributed by atoms with van der Waals surface area (Å²) in [6.45, 7) is 9.27. The molecule has 1 N–H and O–H groups in total. The van der Waals surface area contributed by atoms with Gasteiger partial charge in [-0.15, -0.1) is 0 Å². The van der Waals surface area contributed by atoms with Gasteiger partial charge in [-0.25, -0.2) is 0 Å². The molecule has 0 saturated carbocycles. The monoisotopic (exact) mass is 420 g/mol. The summed E-state index contributed by atoms with van der Waals surface area (Å²) in [5.74, 6) is -0.945. The van der Waals surface area contributed by atoms with Gasteiger partial charge in [0.15, 0.2) is 5.79 Å². The fourth-order valence-corrected chi connectivity index (χ4v) is 4.38. The van der Waals surface area contributed by atoms with E-state index in [2.05, 4.69) is 0 Å². The number of halogens is 1. The molecule has 0 aromatic rings. The van der Waals surface area contributed by atoms with Crippen LogP contribution in [0.4, 0.5) is 0 Å². The van der Waals surface area contributed by atoms with Gasteiger partial charge in [0.25, 0.3) is 0 Å². The van der Waals surface area contributed by atoms with Crippen LogP contribution in [0, 0.1) is 11.8 Å². The van der Waals surface area contributed by atoms with Crippen molar-refractivity contribution in [3.8, 4) is 0 Å². The Kier molecular flexibility index (Phi) is 5.98. The van der Waals surface area contributed by atoms with Gasteiger partial charge in [-0.2, -0.15) is 0 Å². The Morgan fingerprint density at radius 2 is 2.14 bits per heavy atom. The van der Waals surface area contributed by atoms with Gasteiger partial charge in [0.2, 0.25) is 5.78 Å². The lowest BCUT2D eigenvalue weighted by Crippen LogP contribution is -2.47. The molecule has 0 unspecified atom stereocenters. The smallest absolute Gasteiger partial charge is 0.207 e. The molecule has 3 rings (SSSR count). The van der Waals surface area contributed by atoms with Crippen molar-refractivity contribution in [1.82, 2.24) is 0 Å². The summed E-state index contributed by atoms with van der Waals surface area (Å²) in [5, 5.41) is 9.79. The molecular weight excluding hydrogens is 392 g/mol. The molecule has 0 radical (unpaired) electrons. The van der Waals surface area contributed by atoms with Gasteiger partial charge in [0.05, 0.1) is 17.4 Å². The first-order chi connectivity index (χ1) is 13.6. The number of hydrogen-bond donors (Lipinski definition) is 1. The van der Waals surface area contributed by atoms with E-state index in [1.165, 1.54) is 0 Å². The standard InChI is InChI=1S/C23H29ClO5/c1-7-14(3)23(27-6)11-19-18-12-28-16(9-8-13(2)15(4)25)10-17(18)20(24)21(26)22(19,5)29-23/h7-10,12-13,15,19,25H,11H2,1-6H3/b9-8+,14-7+/t13-,15-,19+,22+,23+/m1/s1. The summed E-state index contributed by atoms with van der Waals surface area (Å²) in [6.07, 6.45) is 9.03. The van der Waals surface area contributed by atoms with Crippen LogP contribution < -0.4 is 0 Å². The lowest BCUT2D eigenvalue weighted by Gasteiger charge is -2.37. The Bertz CT molecular complexity index is 862. The van der Waals surface area contributed by atoms with Crippen molar-refractivity contribution in [2.45, 2.75) is 58.5 Å². The highest BCUT2D eigenvalue weighted by molar-refractivity contribution is 6.45. The zero-order valence-corrected chi connectivity index (χ0v) is 18.5. The average molecular weight is 421 g/mol. The van der Waals surface area contributed by atoms with Crippen molar-refractivity contribution < 1.29 is 24.1 Å². The predicted molar refractivity (Wildman–Crippen MR) is 112 cm³/mol. The molecule has 0 bridgehead atoms. The molecule has 158 valence electrons. The molecular formula is C23H29ClO5. The van der Waals surface area contributed by atoms with Crippen LogP contribution in [0.25, 0.3) is 0 Å². The van der Waals surface area contributed by atoms with Crippen LogP contribution in [0.5, 0.6) is 0 Å². The number of carbonyl (C=O) groups excluding carboxylic acids is 1. The van der Waals surface area contributed by atoms with E-state index >= 15 is 0 Å². The molecule has 5 nitrogen and oxygen atoms in total. The van der Waals surface area contributed by atoms with Crippen molar-refractivity contribution in [2.24, 2.45) is 11.8 Å². The summed E-state index contributed by atoms with van der Waals surface area (Å²) in [7, 11) is 1.59. The van der Waals surface area contributed by atoms with Crippen LogP contribution in [0.3, 0.4) is 0 Å². The second kappa shape index (κ2) is 7.88. The quantitative estimate of drug-likeness (QED) is 0.661. The molecule has 1 fully saturated rings. The molecule has 5 atom stereocenters. The molecule has 0 amide bonds. The van der Waals surface area contributed by atoms with Crippen LogP contribution in [0.1, 0.15) is 41.0 Å². The molecule has 29 heavy (non-hydrogen) atoms. The van der Waals surface area contributed by atoms with Crippen molar-refractivity contribution in [3.63, 3.8) is 0 Å². The normalized spacial score (nSPS) is 34.4. The van der Waals surface area contributed by atoms with E-state index in [4.69, 9.17) is 25.8 Å². The first-order valence-electron chi connectivity index (χ1n) is 9.88. The van der Waals surface area contributed by atoms with Gasteiger partial charge in [-0.3, -0.25) is 4.79 Å². The van der Waals surface area contributed by atoms with E-state index in [1.807, 2.05) is 32.9 Å². The van der Waals surface area contributed by atoms with E-state index in [0.717, 1.165) is 11.1 Å². The third kappa shape index (κ3) is 3.55. The second-order valence-corrected chi connectivity index (χ2v) is 8.53. The fraction of sp³-hybridized carbons (Fsp3) is 0.522. The number of hydrogen-bond acceptors (Lipinski definition) is 5. The van der Waals surface area contributed by atoms with Crippen LogP contribution in [0.15, 0.2) is 58.1 Å². The fourth-order valence-electron chi connectivity index (χ4n) is 4.03. The van der Waals surface area contributed by atoms with Gasteiger partial charge in [-0.05, 0) is 45.4 Å². The molecule has 0 aromatic carbocycles. The van der Waals surface area contributed by atoms with Gasteiger partial charge >= 0.3 is 0 Å². The van der Waals surface area contributed by atoms with E-state index in [-0.39, 0.29) is 22.7 Å². The summed E-state index contributed by atoms with van der Waals surface area (Å²) in [5.41, 5.74) is 1.27. The number of Topliss-reactive ketones (excluding diaryl/α,β-unsaturated/α-hetero) is 1. The summed E-state index contributed by atoms with van der Waals surface area (Å²) < 4.78 is 17.9. The maximum atomic E-state index is 13.2. The number of aliphatic hydroxyl groups is 1. The Morgan fingerprint density at radius 3 is 2.72 bits per heavy atom. The SMILES string of the molecule is C/C=C(\C)[C@]1(OC)C[C@H]2C3=COC(/C=C/[C@@H](C)[C@@H](C)O)=CC3=C(Cl)C(=O)[C@@]2(C)O1. The number of rotatable bonds is 5. The third-order valence-electron chi connectivity index (χ3n) is 6.38. The number of fused-ring (bicyclic) bond motifs is 3. The van der Waals surface area contributed by atoms with Crippen LogP contribution in [-0.2, 0) is 19.0 Å². The number of carbonyl (C=O) groups is 1. The van der Waals surface area contributed by atoms with E-state index < -0.39 is 17.5 Å². The topological polar surface area (TPSA) is 65.0 Å². The number of allylic oxidation sites excluding steroid dienone is 4. The van der Waals surface area contributed by atoms with Gasteiger partial charge in [0, 0.05) is 36.5 Å². The Labute approximate surface area is 177 Å². The van der Waals surface area contributed by atoms with Crippen LogP contribution in [0.2, 0.25) is 0 Å². The Hall–Kier alpha value is -1.66. The maximum Gasteiger partial charge on any atom is 0.207 e. The van der Waals surface area contributed by atoms with Crippen molar-refractivity contribution >= 4 is 17.4 Å². The lowest BCUT2D eigenvalue weighted by molar-refractivity contribution is -0.211. The zero-order chi connectivity index (χ0) is 21.6. The molecule has 6 heteroatoms. The van der Waals surface area contributed by atoms with E-state index in [9.17, 15) is 9.90 Å². The largest absolute Gasteiger partial charge is 0.465 e. The molecule has 3 aliphatic rings. The lowest BCUT2D eigenvalue weighted by atomic mass is 9.71. The number of ketones is 1. The van der Waals surface area contributed by atoms with Crippen LogP contribution >= 0.6 is 11.6 Å². The zero-order valence-electron chi connectivity index (χ0n) is 17.8. The summed E-state index contributed by atoms with van der Waals surface area (Å²) in [6, 6.07) is 0. The first-order valence-corrected chi connectivity index (χ1v) is 10.3. The Balaban J connectivity index is 1.99. The molecule has 2 heterocycles. The molecule has 2 aliphatic heterocycles. The van der Waals surface area contributed by atoms with Crippen molar-refractivity contribution in [3.05, 3.63) is 58.1 Å². The second-order valence-electron chi connectivity index (χ2n) is 8.15. The van der Waals surface area contributed by atoms with Gasteiger partial charge in [-0.1, -0.05) is 30.7 Å². The summed E-state index contributed by atoms with van der Waals surface area (Å²) in [4.78, 5) is 13.2. The number of methoxy groups -OCH3 is 1. The van der Waals surface area contributed by atoms with Gasteiger partial charge in [0.1, 0.15) is 11.4 Å². The van der Waals surface area contributed by atoms with Crippen molar-refractivity contribution in [1.29, 1.82) is 0 Å². The molecule has 1 aliphatic carbocycles. The number of aliphatic hydroxyl groups excluding tert-OH is 1. The van der Waals surface area contributed by atoms with Crippen molar-refractivity contribution in [2.75, 3.05) is 7.11 Å². The minimum atomic E-state index is -1.13. The van der Waals surface area contributed by atoms with E-state index in [0.29, 0.717) is 17.8 Å². The first kappa shape index (κ1) is 22.0. The molecule has 1 saturated heterocycles. The highest BCUT2D eigenvalue weighted by atomic mass is 35.5. The minimum Gasteiger partial charge on any atom is -0.465 e. The minimum absolute atomic E-state index is 0.0278. The average Bonchev–Trinajstić information content (AvgIpc) is 3.04. The predicted octanol–water partition coefficient (Wildman–Crippen LogP) is 4.54. The highest BCUT2D eigenvalue weighted by Gasteiger charge is 2.62.